The predicted octanol–water partition coefficient (Wildman–Crippen LogP) is 4.15. The molecule has 2 fully saturated rings. The van der Waals surface area contributed by atoms with E-state index in [2.05, 4.69) is 17.0 Å². The summed E-state index contributed by atoms with van der Waals surface area (Å²) in [7, 11) is 0. The first-order chi connectivity index (χ1) is 8.83. The maximum absolute atomic E-state index is 6.27. The third-order valence-electron chi connectivity index (χ3n) is 4.62. The number of nitrogens with zero attached hydrogens (tertiary/aromatic N) is 1. The largest absolute Gasteiger partial charge is 0.300 e. The minimum absolute atomic E-state index is 0.805. The first kappa shape index (κ1) is 12.5. The minimum atomic E-state index is 0.805. The molecule has 2 aliphatic rings. The molecule has 2 atom stereocenters. The Morgan fingerprint density at radius 3 is 2.89 bits per heavy atom. The number of rotatable bonds is 2. The molecule has 0 amide bonds. The Morgan fingerprint density at radius 1 is 1.11 bits per heavy atom. The van der Waals surface area contributed by atoms with Gasteiger partial charge < -0.3 is 4.90 Å². The van der Waals surface area contributed by atoms with Crippen LogP contribution in [0.25, 0.3) is 0 Å². The van der Waals surface area contributed by atoms with Crippen molar-refractivity contribution in [2.45, 2.75) is 44.6 Å². The quantitative estimate of drug-likeness (QED) is 0.775. The molecule has 2 heteroatoms. The molecule has 98 valence electrons. The van der Waals surface area contributed by atoms with Crippen LogP contribution in [0.4, 0.5) is 0 Å². The highest BCUT2D eigenvalue weighted by Gasteiger charge is 2.29. The topological polar surface area (TPSA) is 3.24 Å². The Labute approximate surface area is 115 Å². The zero-order chi connectivity index (χ0) is 12.4. The monoisotopic (exact) mass is 263 g/mol. The molecule has 1 aromatic rings. The first-order valence-corrected chi connectivity index (χ1v) is 7.68. The first-order valence-electron chi connectivity index (χ1n) is 7.30. The van der Waals surface area contributed by atoms with Crippen LogP contribution in [0.15, 0.2) is 24.3 Å². The van der Waals surface area contributed by atoms with E-state index < -0.39 is 0 Å². The Kier molecular flexibility index (Phi) is 3.91. The number of benzene rings is 1. The van der Waals surface area contributed by atoms with E-state index in [4.69, 9.17) is 11.6 Å². The standard InChI is InChI=1S/C16H22ClN/c17-16-7-2-1-5-14(16)11-13-8-9-15-6-3-4-10-18(15)12-13/h1-2,5,7,13,15H,3-4,6,8-12H2. The van der Waals surface area contributed by atoms with E-state index in [9.17, 15) is 0 Å². The molecule has 0 spiro atoms. The Morgan fingerprint density at radius 2 is 2.00 bits per heavy atom. The van der Waals surface area contributed by atoms with Gasteiger partial charge in [-0.3, -0.25) is 0 Å². The third kappa shape index (κ3) is 2.73. The van der Waals surface area contributed by atoms with Gasteiger partial charge in [0.25, 0.3) is 0 Å². The lowest BCUT2D eigenvalue weighted by molar-refractivity contribution is 0.0753. The lowest BCUT2D eigenvalue weighted by Crippen LogP contribution is -2.46. The van der Waals surface area contributed by atoms with Gasteiger partial charge in [0.1, 0.15) is 0 Å². The van der Waals surface area contributed by atoms with Crippen LogP contribution in [0, 0.1) is 5.92 Å². The molecule has 2 saturated heterocycles. The van der Waals surface area contributed by atoms with Crippen molar-refractivity contribution in [3.05, 3.63) is 34.9 Å². The van der Waals surface area contributed by atoms with Gasteiger partial charge in [-0.05, 0) is 56.2 Å². The minimum Gasteiger partial charge on any atom is -0.300 e. The summed E-state index contributed by atoms with van der Waals surface area (Å²) >= 11 is 6.27. The smallest absolute Gasteiger partial charge is 0.0438 e. The van der Waals surface area contributed by atoms with Crippen LogP contribution in [0.2, 0.25) is 5.02 Å². The maximum Gasteiger partial charge on any atom is 0.0438 e. The van der Waals surface area contributed by atoms with Gasteiger partial charge in [-0.2, -0.15) is 0 Å². The van der Waals surface area contributed by atoms with Gasteiger partial charge in [0, 0.05) is 17.6 Å². The number of fused-ring (bicyclic) bond motifs is 1. The van der Waals surface area contributed by atoms with E-state index in [0.29, 0.717) is 0 Å². The molecule has 0 aliphatic carbocycles. The zero-order valence-electron chi connectivity index (χ0n) is 10.9. The third-order valence-corrected chi connectivity index (χ3v) is 4.99. The molecule has 2 unspecified atom stereocenters. The van der Waals surface area contributed by atoms with Crippen LogP contribution in [0.1, 0.15) is 37.7 Å². The van der Waals surface area contributed by atoms with Crippen LogP contribution in [-0.2, 0) is 6.42 Å². The maximum atomic E-state index is 6.27. The fourth-order valence-electron chi connectivity index (χ4n) is 3.62. The molecule has 1 aromatic carbocycles. The van der Waals surface area contributed by atoms with E-state index in [1.54, 1.807) is 0 Å². The van der Waals surface area contributed by atoms with E-state index in [1.165, 1.54) is 50.8 Å². The highest BCUT2D eigenvalue weighted by Crippen LogP contribution is 2.31. The van der Waals surface area contributed by atoms with E-state index >= 15 is 0 Å². The number of piperidine rings is 2. The van der Waals surface area contributed by atoms with Crippen LogP contribution in [0.3, 0.4) is 0 Å². The van der Waals surface area contributed by atoms with Crippen molar-refractivity contribution in [3.8, 4) is 0 Å². The van der Waals surface area contributed by atoms with Crippen LogP contribution in [-0.4, -0.2) is 24.0 Å². The number of hydrogen-bond donors (Lipinski definition) is 0. The highest BCUT2D eigenvalue weighted by molar-refractivity contribution is 6.31. The van der Waals surface area contributed by atoms with Crippen molar-refractivity contribution >= 4 is 11.6 Å². The summed E-state index contributed by atoms with van der Waals surface area (Å²) in [6.45, 7) is 2.61. The van der Waals surface area contributed by atoms with Gasteiger partial charge in [-0.15, -0.1) is 0 Å². The second kappa shape index (κ2) is 5.63. The molecule has 2 heterocycles. The van der Waals surface area contributed by atoms with Crippen molar-refractivity contribution in [1.29, 1.82) is 0 Å². The van der Waals surface area contributed by atoms with Crippen molar-refractivity contribution in [3.63, 3.8) is 0 Å². The molecule has 18 heavy (non-hydrogen) atoms. The van der Waals surface area contributed by atoms with Gasteiger partial charge in [-0.25, -0.2) is 0 Å². The second-order valence-corrected chi connectivity index (χ2v) is 6.29. The molecule has 0 bridgehead atoms. The Bertz CT molecular complexity index is 404. The summed E-state index contributed by atoms with van der Waals surface area (Å²) in [4.78, 5) is 2.73. The van der Waals surface area contributed by atoms with Crippen molar-refractivity contribution in [1.82, 2.24) is 4.90 Å². The van der Waals surface area contributed by atoms with E-state index in [1.807, 2.05) is 12.1 Å². The molecule has 1 nitrogen and oxygen atoms in total. The van der Waals surface area contributed by atoms with Crippen molar-refractivity contribution in [2.24, 2.45) is 5.92 Å². The highest BCUT2D eigenvalue weighted by atomic mass is 35.5. The molecular formula is C16H22ClN. The molecule has 2 aliphatic heterocycles. The fourth-order valence-corrected chi connectivity index (χ4v) is 3.83. The average Bonchev–Trinajstić information content (AvgIpc) is 2.41. The van der Waals surface area contributed by atoms with Crippen LogP contribution in [0.5, 0.6) is 0 Å². The predicted molar refractivity (Wildman–Crippen MR) is 77.1 cm³/mol. The van der Waals surface area contributed by atoms with Crippen LogP contribution >= 0.6 is 11.6 Å². The van der Waals surface area contributed by atoms with Gasteiger partial charge >= 0.3 is 0 Å². The Balaban J connectivity index is 1.63. The fraction of sp³-hybridized carbons (Fsp3) is 0.625. The normalized spacial score (nSPS) is 28.9. The van der Waals surface area contributed by atoms with Crippen LogP contribution < -0.4 is 0 Å². The molecule has 0 N–H and O–H groups in total. The lowest BCUT2D eigenvalue weighted by Gasteiger charge is -2.42. The molecular weight excluding hydrogens is 242 g/mol. The van der Waals surface area contributed by atoms with Gasteiger partial charge in [0.2, 0.25) is 0 Å². The zero-order valence-corrected chi connectivity index (χ0v) is 11.7. The summed E-state index contributed by atoms with van der Waals surface area (Å²) < 4.78 is 0. The molecule has 0 aromatic heterocycles. The Hall–Kier alpha value is -0.530. The SMILES string of the molecule is Clc1ccccc1CC1CCC2CCCCN2C1. The average molecular weight is 264 g/mol. The summed E-state index contributed by atoms with van der Waals surface area (Å²) in [6, 6.07) is 9.22. The van der Waals surface area contributed by atoms with Gasteiger partial charge in [0.05, 0.1) is 0 Å². The summed E-state index contributed by atoms with van der Waals surface area (Å²) in [5.74, 6) is 0.805. The molecule has 0 saturated carbocycles. The summed E-state index contributed by atoms with van der Waals surface area (Å²) in [5.41, 5.74) is 1.33. The van der Waals surface area contributed by atoms with Gasteiger partial charge in [0.15, 0.2) is 0 Å². The summed E-state index contributed by atoms with van der Waals surface area (Å²) in [5, 5.41) is 0.943. The molecule has 0 radical (unpaired) electrons. The number of halogens is 1. The van der Waals surface area contributed by atoms with E-state index in [0.717, 1.165) is 23.4 Å². The summed E-state index contributed by atoms with van der Waals surface area (Å²) in [6.07, 6.45) is 8.20. The van der Waals surface area contributed by atoms with Crippen molar-refractivity contribution < 1.29 is 0 Å². The molecule has 3 rings (SSSR count). The lowest BCUT2D eigenvalue weighted by atomic mass is 9.84. The van der Waals surface area contributed by atoms with E-state index in [-0.39, 0.29) is 0 Å². The second-order valence-electron chi connectivity index (χ2n) is 5.88. The van der Waals surface area contributed by atoms with Gasteiger partial charge in [-0.1, -0.05) is 36.2 Å². The number of hydrogen-bond acceptors (Lipinski definition) is 1. The van der Waals surface area contributed by atoms with Crippen molar-refractivity contribution in [2.75, 3.05) is 13.1 Å².